The molecule has 0 radical (unpaired) electrons. The van der Waals surface area contributed by atoms with Crippen LogP contribution >= 0.6 is 45.9 Å². The monoisotopic (exact) mass is 328 g/mol. The Bertz CT molecular complexity index is 720. The fourth-order valence-electron chi connectivity index (χ4n) is 1.89. The molecule has 0 aliphatic rings. The van der Waals surface area contributed by atoms with Gasteiger partial charge in [0, 0.05) is 4.88 Å². The number of aromatic nitrogens is 1. The first-order valence-corrected chi connectivity index (χ1v) is 8.14. The Labute approximate surface area is 129 Å². The molecule has 2 nitrogen and oxygen atoms in total. The maximum atomic E-state index is 6.28. The molecule has 0 spiro atoms. The molecule has 2 aromatic heterocycles. The lowest BCUT2D eigenvalue weighted by Gasteiger charge is -2.15. The van der Waals surface area contributed by atoms with Crippen molar-refractivity contribution in [3.05, 3.63) is 44.0 Å². The summed E-state index contributed by atoms with van der Waals surface area (Å²) in [4.78, 5) is 5.55. The predicted octanol–water partition coefficient (Wildman–Crippen LogP) is 5.84. The van der Waals surface area contributed by atoms with E-state index in [-0.39, 0.29) is 6.04 Å². The zero-order chi connectivity index (χ0) is 13.4. The molecule has 1 N–H and O–H groups in total. The Hall–Kier alpha value is -0.810. The maximum Gasteiger partial charge on any atom is 0.106 e. The lowest BCUT2D eigenvalue weighted by molar-refractivity contribution is 0.910. The highest BCUT2D eigenvalue weighted by Crippen LogP contribution is 2.36. The number of nitrogens with one attached hydrogen (secondary N) is 1. The van der Waals surface area contributed by atoms with Crippen LogP contribution in [0.25, 0.3) is 10.2 Å². The van der Waals surface area contributed by atoms with Crippen LogP contribution in [-0.4, -0.2) is 4.98 Å². The van der Waals surface area contributed by atoms with E-state index in [0.717, 1.165) is 20.2 Å². The quantitative estimate of drug-likeness (QED) is 0.653. The van der Waals surface area contributed by atoms with Crippen molar-refractivity contribution in [2.75, 3.05) is 5.32 Å². The average molecular weight is 329 g/mol. The fraction of sp³-hybridized carbons (Fsp3) is 0.154. The smallest absolute Gasteiger partial charge is 0.106 e. The number of hydrogen-bond donors (Lipinski definition) is 1. The molecule has 3 aromatic rings. The van der Waals surface area contributed by atoms with E-state index in [1.54, 1.807) is 22.7 Å². The van der Waals surface area contributed by atoms with Gasteiger partial charge in [-0.2, -0.15) is 0 Å². The largest absolute Gasteiger partial charge is 0.375 e. The van der Waals surface area contributed by atoms with Crippen LogP contribution in [0, 0.1) is 0 Å². The minimum Gasteiger partial charge on any atom is -0.375 e. The van der Waals surface area contributed by atoms with Crippen molar-refractivity contribution in [3.63, 3.8) is 0 Å². The topological polar surface area (TPSA) is 24.9 Å². The Balaban J connectivity index is 1.96. The molecule has 0 fully saturated rings. The number of fused-ring (bicyclic) bond motifs is 1. The first-order chi connectivity index (χ1) is 9.15. The molecule has 0 bridgehead atoms. The molecular weight excluding hydrogens is 319 g/mol. The molecule has 0 aliphatic heterocycles. The summed E-state index contributed by atoms with van der Waals surface area (Å²) in [5, 5.41) is 4.12. The molecule has 0 saturated carbocycles. The molecule has 1 aromatic carbocycles. The standard InChI is InChI=1S/C13H10Cl2N2S2/c1-7(9-4-5-11(15)19-9)17-12-8(14)2-3-10-13(12)16-6-18-10/h2-7,17H,1H3. The van der Waals surface area contributed by atoms with Crippen LogP contribution in [0.2, 0.25) is 9.36 Å². The highest BCUT2D eigenvalue weighted by molar-refractivity contribution is 7.17. The number of thiazole rings is 1. The van der Waals surface area contributed by atoms with Gasteiger partial charge in [-0.3, -0.25) is 0 Å². The van der Waals surface area contributed by atoms with Crippen molar-refractivity contribution in [2.24, 2.45) is 0 Å². The van der Waals surface area contributed by atoms with Gasteiger partial charge in [0.2, 0.25) is 0 Å². The Kier molecular flexibility index (Phi) is 3.67. The van der Waals surface area contributed by atoms with Crippen LogP contribution in [-0.2, 0) is 0 Å². The van der Waals surface area contributed by atoms with E-state index in [0.29, 0.717) is 5.02 Å². The van der Waals surface area contributed by atoms with Crippen LogP contribution in [0.1, 0.15) is 17.8 Å². The number of benzene rings is 1. The van der Waals surface area contributed by atoms with E-state index in [4.69, 9.17) is 23.2 Å². The van der Waals surface area contributed by atoms with E-state index >= 15 is 0 Å². The molecule has 0 saturated heterocycles. The Morgan fingerprint density at radius 2 is 2.05 bits per heavy atom. The molecule has 1 atom stereocenters. The van der Waals surface area contributed by atoms with Gasteiger partial charge < -0.3 is 5.32 Å². The molecule has 1 unspecified atom stereocenters. The number of rotatable bonds is 3. The van der Waals surface area contributed by atoms with Gasteiger partial charge in [-0.05, 0) is 31.2 Å². The van der Waals surface area contributed by atoms with Gasteiger partial charge in [-0.25, -0.2) is 4.98 Å². The Morgan fingerprint density at radius 1 is 1.21 bits per heavy atom. The third-order valence-electron chi connectivity index (χ3n) is 2.83. The third kappa shape index (κ3) is 2.58. The van der Waals surface area contributed by atoms with E-state index in [1.807, 2.05) is 29.8 Å². The van der Waals surface area contributed by atoms with Gasteiger partial charge in [0.15, 0.2) is 0 Å². The third-order valence-corrected chi connectivity index (χ3v) is 5.36. The van der Waals surface area contributed by atoms with Crippen molar-refractivity contribution in [1.82, 2.24) is 4.98 Å². The second-order valence-electron chi connectivity index (χ2n) is 4.13. The maximum absolute atomic E-state index is 6.28. The van der Waals surface area contributed by atoms with Crippen molar-refractivity contribution >= 4 is 61.8 Å². The SMILES string of the molecule is CC(Nc1c(Cl)ccc2scnc12)c1ccc(Cl)s1. The highest BCUT2D eigenvalue weighted by Gasteiger charge is 2.13. The van der Waals surface area contributed by atoms with Gasteiger partial charge in [0.25, 0.3) is 0 Å². The van der Waals surface area contributed by atoms with Crippen molar-refractivity contribution in [1.29, 1.82) is 0 Å². The van der Waals surface area contributed by atoms with Crippen LogP contribution in [0.15, 0.2) is 29.8 Å². The Morgan fingerprint density at radius 3 is 2.79 bits per heavy atom. The first kappa shape index (κ1) is 13.2. The minimum absolute atomic E-state index is 0.141. The summed E-state index contributed by atoms with van der Waals surface area (Å²) in [7, 11) is 0. The van der Waals surface area contributed by atoms with Crippen molar-refractivity contribution in [3.8, 4) is 0 Å². The number of anilines is 1. The average Bonchev–Trinajstić information content (AvgIpc) is 3.01. The zero-order valence-corrected chi connectivity index (χ0v) is 13.1. The molecule has 2 heterocycles. The number of halogens is 2. The van der Waals surface area contributed by atoms with Crippen molar-refractivity contribution in [2.45, 2.75) is 13.0 Å². The number of thiophene rings is 1. The van der Waals surface area contributed by atoms with E-state index in [1.165, 1.54) is 4.88 Å². The van der Waals surface area contributed by atoms with Gasteiger partial charge >= 0.3 is 0 Å². The first-order valence-electron chi connectivity index (χ1n) is 5.68. The van der Waals surface area contributed by atoms with Gasteiger partial charge in [0.05, 0.1) is 31.3 Å². The van der Waals surface area contributed by atoms with Crippen LogP contribution < -0.4 is 5.32 Å². The molecular formula is C13H10Cl2N2S2. The molecule has 0 amide bonds. The number of hydrogen-bond acceptors (Lipinski definition) is 4. The second-order valence-corrected chi connectivity index (χ2v) is 7.17. The summed E-state index contributed by atoms with van der Waals surface area (Å²) >= 11 is 15.4. The highest BCUT2D eigenvalue weighted by atomic mass is 35.5. The summed E-state index contributed by atoms with van der Waals surface area (Å²) in [5.74, 6) is 0. The summed E-state index contributed by atoms with van der Waals surface area (Å²) in [5.41, 5.74) is 3.64. The molecule has 19 heavy (non-hydrogen) atoms. The minimum atomic E-state index is 0.141. The normalized spacial score (nSPS) is 12.8. The summed E-state index contributed by atoms with van der Waals surface area (Å²) in [6, 6.07) is 7.97. The zero-order valence-electron chi connectivity index (χ0n) is 9.98. The number of nitrogens with zero attached hydrogens (tertiary/aromatic N) is 1. The van der Waals surface area contributed by atoms with E-state index in [2.05, 4.69) is 17.2 Å². The fourth-order valence-corrected chi connectivity index (χ4v) is 3.85. The summed E-state index contributed by atoms with van der Waals surface area (Å²) < 4.78 is 1.92. The van der Waals surface area contributed by atoms with Gasteiger partial charge in [0.1, 0.15) is 5.52 Å². The lowest BCUT2D eigenvalue weighted by atomic mass is 10.2. The van der Waals surface area contributed by atoms with E-state index < -0.39 is 0 Å². The van der Waals surface area contributed by atoms with Gasteiger partial charge in [-0.1, -0.05) is 23.2 Å². The lowest BCUT2D eigenvalue weighted by Crippen LogP contribution is -2.05. The molecule has 98 valence electrons. The van der Waals surface area contributed by atoms with Gasteiger partial charge in [-0.15, -0.1) is 22.7 Å². The van der Waals surface area contributed by atoms with Crippen molar-refractivity contribution < 1.29 is 0 Å². The van der Waals surface area contributed by atoms with Crippen LogP contribution in [0.3, 0.4) is 0 Å². The van der Waals surface area contributed by atoms with Crippen LogP contribution in [0.4, 0.5) is 5.69 Å². The predicted molar refractivity (Wildman–Crippen MR) is 86.0 cm³/mol. The molecule has 0 aliphatic carbocycles. The van der Waals surface area contributed by atoms with E-state index in [9.17, 15) is 0 Å². The summed E-state index contributed by atoms with van der Waals surface area (Å²) in [6.07, 6.45) is 0. The summed E-state index contributed by atoms with van der Waals surface area (Å²) in [6.45, 7) is 2.09. The molecule has 6 heteroatoms. The van der Waals surface area contributed by atoms with Crippen LogP contribution in [0.5, 0.6) is 0 Å². The molecule has 3 rings (SSSR count). The second kappa shape index (κ2) is 5.29.